The van der Waals surface area contributed by atoms with Gasteiger partial charge >= 0.3 is 0 Å². The van der Waals surface area contributed by atoms with E-state index in [1.807, 2.05) is 4.90 Å². The van der Waals surface area contributed by atoms with Gasteiger partial charge in [0.1, 0.15) is 0 Å². The van der Waals surface area contributed by atoms with Crippen LogP contribution in [0.15, 0.2) is 0 Å². The van der Waals surface area contributed by atoms with E-state index >= 15 is 0 Å². The van der Waals surface area contributed by atoms with Gasteiger partial charge < -0.3 is 15.5 Å². The van der Waals surface area contributed by atoms with Crippen molar-refractivity contribution in [3.8, 4) is 0 Å². The molecule has 4 nitrogen and oxygen atoms in total. The molecule has 0 aromatic carbocycles. The molecule has 0 radical (unpaired) electrons. The van der Waals surface area contributed by atoms with Gasteiger partial charge in [-0.15, -0.1) is 0 Å². The molecule has 0 aliphatic carbocycles. The van der Waals surface area contributed by atoms with E-state index in [4.69, 9.17) is 5.73 Å². The van der Waals surface area contributed by atoms with Crippen LogP contribution in [-0.4, -0.2) is 55.0 Å². The molecule has 0 bridgehead atoms. The quantitative estimate of drug-likeness (QED) is 0.796. The molecule has 2 N–H and O–H groups in total. The van der Waals surface area contributed by atoms with Crippen LogP contribution < -0.4 is 5.73 Å². The fraction of sp³-hybridized carbons (Fsp3) is 0.923. The molecule has 1 rings (SSSR count). The number of carbonyl (C=O) groups excluding carboxylic acids is 1. The molecule has 1 fully saturated rings. The van der Waals surface area contributed by atoms with E-state index in [1.165, 1.54) is 6.42 Å². The van der Waals surface area contributed by atoms with Gasteiger partial charge in [-0.25, -0.2) is 0 Å². The van der Waals surface area contributed by atoms with Crippen LogP contribution in [0.1, 0.15) is 33.1 Å². The molecular formula is C13H27N3O. The Bertz CT molecular complexity index is 253. The highest BCUT2D eigenvalue weighted by molar-refractivity contribution is 5.81. The summed E-state index contributed by atoms with van der Waals surface area (Å²) in [5.41, 5.74) is 5.97. The number of nitrogens with two attached hydrogens (primary N) is 1. The highest BCUT2D eigenvalue weighted by Gasteiger charge is 2.28. The van der Waals surface area contributed by atoms with Gasteiger partial charge in [0.25, 0.3) is 0 Å². The van der Waals surface area contributed by atoms with Gasteiger partial charge in [-0.1, -0.05) is 13.8 Å². The molecule has 1 heterocycles. The Morgan fingerprint density at radius 1 is 1.47 bits per heavy atom. The average molecular weight is 241 g/mol. The largest absolute Gasteiger partial charge is 0.340 e. The van der Waals surface area contributed by atoms with Crippen molar-refractivity contribution in [3.05, 3.63) is 0 Å². The van der Waals surface area contributed by atoms with Crippen LogP contribution in [-0.2, 0) is 4.79 Å². The van der Waals surface area contributed by atoms with Crippen molar-refractivity contribution >= 4 is 5.91 Å². The van der Waals surface area contributed by atoms with Crippen molar-refractivity contribution < 1.29 is 4.79 Å². The number of carbonyl (C=O) groups is 1. The monoisotopic (exact) mass is 241 g/mol. The zero-order chi connectivity index (χ0) is 13.0. The highest BCUT2D eigenvalue weighted by Crippen LogP contribution is 2.15. The fourth-order valence-electron chi connectivity index (χ4n) is 2.42. The number of rotatable bonds is 4. The lowest BCUT2D eigenvalue weighted by atomic mass is 10.0. The highest BCUT2D eigenvalue weighted by atomic mass is 16.2. The number of hydrogen-bond acceptors (Lipinski definition) is 3. The summed E-state index contributed by atoms with van der Waals surface area (Å²) in [4.78, 5) is 16.3. The number of nitrogens with zero attached hydrogens (tertiary/aromatic N) is 2. The number of hydrogen-bond donors (Lipinski definition) is 1. The van der Waals surface area contributed by atoms with E-state index in [0.29, 0.717) is 12.0 Å². The first kappa shape index (κ1) is 14.5. The van der Waals surface area contributed by atoms with Crippen LogP contribution in [0.5, 0.6) is 0 Å². The predicted molar refractivity (Wildman–Crippen MR) is 70.7 cm³/mol. The van der Waals surface area contributed by atoms with Gasteiger partial charge in [-0.2, -0.15) is 0 Å². The third-order valence-corrected chi connectivity index (χ3v) is 3.48. The van der Waals surface area contributed by atoms with Crippen LogP contribution in [0.25, 0.3) is 0 Å². The second-order valence-electron chi connectivity index (χ2n) is 5.78. The Morgan fingerprint density at radius 2 is 2.12 bits per heavy atom. The first-order valence-corrected chi connectivity index (χ1v) is 6.62. The lowest BCUT2D eigenvalue weighted by molar-refractivity contribution is -0.134. The summed E-state index contributed by atoms with van der Waals surface area (Å²) in [6, 6.07) is 0.162. The van der Waals surface area contributed by atoms with Crippen molar-refractivity contribution in [1.29, 1.82) is 0 Å². The first-order chi connectivity index (χ1) is 7.91. The van der Waals surface area contributed by atoms with Crippen LogP contribution in [0, 0.1) is 5.92 Å². The molecule has 2 atom stereocenters. The van der Waals surface area contributed by atoms with Gasteiger partial charge in [0, 0.05) is 19.1 Å². The SMILES string of the molecule is CC(C)C[C@H](N)C(=O)N1CCCC(N(C)C)C1. The Morgan fingerprint density at radius 3 is 2.65 bits per heavy atom. The Kier molecular flexibility index (Phi) is 5.40. The predicted octanol–water partition coefficient (Wildman–Crippen LogP) is 0.912. The van der Waals surface area contributed by atoms with E-state index in [9.17, 15) is 4.79 Å². The van der Waals surface area contributed by atoms with Gasteiger partial charge in [0.15, 0.2) is 0 Å². The maximum absolute atomic E-state index is 12.2. The van der Waals surface area contributed by atoms with Crippen molar-refractivity contribution in [2.24, 2.45) is 11.7 Å². The maximum atomic E-state index is 12.2. The maximum Gasteiger partial charge on any atom is 0.239 e. The second kappa shape index (κ2) is 6.36. The molecule has 1 aliphatic rings. The summed E-state index contributed by atoms with van der Waals surface area (Å²) < 4.78 is 0. The summed E-state index contributed by atoms with van der Waals surface area (Å²) in [6.07, 6.45) is 3.04. The average Bonchev–Trinajstić information content (AvgIpc) is 2.27. The van der Waals surface area contributed by atoms with E-state index < -0.39 is 0 Å². The van der Waals surface area contributed by atoms with Crippen molar-refractivity contribution in [3.63, 3.8) is 0 Å². The van der Waals surface area contributed by atoms with Gasteiger partial charge in [0.05, 0.1) is 6.04 Å². The Hall–Kier alpha value is -0.610. The van der Waals surface area contributed by atoms with Crippen LogP contribution in [0.3, 0.4) is 0 Å². The lowest BCUT2D eigenvalue weighted by Gasteiger charge is -2.37. The standard InChI is InChI=1S/C13H27N3O/c1-10(2)8-12(14)13(17)16-7-5-6-11(9-16)15(3)4/h10-12H,5-9,14H2,1-4H3/t11?,12-/m0/s1. The number of piperidine rings is 1. The molecule has 1 aliphatic heterocycles. The lowest BCUT2D eigenvalue weighted by Crippen LogP contribution is -2.52. The number of amides is 1. The molecule has 100 valence electrons. The minimum atomic E-state index is -0.323. The molecule has 0 aromatic heterocycles. The summed E-state index contributed by atoms with van der Waals surface area (Å²) in [6.45, 7) is 5.91. The molecule has 1 amide bonds. The zero-order valence-electron chi connectivity index (χ0n) is 11.6. The number of likely N-dealkylation sites (tertiary alicyclic amines) is 1. The summed E-state index contributed by atoms with van der Waals surface area (Å²) in [5, 5.41) is 0. The van der Waals surface area contributed by atoms with Crippen molar-refractivity contribution in [2.75, 3.05) is 27.2 Å². The van der Waals surface area contributed by atoms with E-state index in [-0.39, 0.29) is 11.9 Å². The molecule has 17 heavy (non-hydrogen) atoms. The third-order valence-electron chi connectivity index (χ3n) is 3.48. The van der Waals surface area contributed by atoms with Crippen LogP contribution in [0.4, 0.5) is 0 Å². The molecule has 4 heteroatoms. The normalized spacial score (nSPS) is 23.2. The molecule has 0 aromatic rings. The second-order valence-corrected chi connectivity index (χ2v) is 5.78. The minimum Gasteiger partial charge on any atom is -0.340 e. The molecule has 0 saturated carbocycles. The van der Waals surface area contributed by atoms with E-state index in [2.05, 4.69) is 32.8 Å². The zero-order valence-corrected chi connectivity index (χ0v) is 11.6. The summed E-state index contributed by atoms with van der Waals surface area (Å²) in [5.74, 6) is 0.605. The van der Waals surface area contributed by atoms with Gasteiger partial charge in [0.2, 0.25) is 5.91 Å². The molecule has 1 saturated heterocycles. The van der Waals surface area contributed by atoms with Crippen molar-refractivity contribution in [1.82, 2.24) is 9.80 Å². The Labute approximate surface area is 105 Å². The smallest absolute Gasteiger partial charge is 0.239 e. The van der Waals surface area contributed by atoms with Crippen LogP contribution in [0.2, 0.25) is 0 Å². The van der Waals surface area contributed by atoms with Crippen molar-refractivity contribution in [2.45, 2.75) is 45.2 Å². The fourth-order valence-corrected chi connectivity index (χ4v) is 2.42. The first-order valence-electron chi connectivity index (χ1n) is 6.62. The number of likely N-dealkylation sites (N-methyl/N-ethyl adjacent to an activating group) is 1. The summed E-state index contributed by atoms with van der Waals surface area (Å²) >= 11 is 0. The molecule has 0 spiro atoms. The molecular weight excluding hydrogens is 214 g/mol. The minimum absolute atomic E-state index is 0.130. The van der Waals surface area contributed by atoms with Gasteiger partial charge in [-0.05, 0) is 39.3 Å². The molecule has 1 unspecified atom stereocenters. The summed E-state index contributed by atoms with van der Waals surface area (Å²) in [7, 11) is 4.15. The van der Waals surface area contributed by atoms with E-state index in [1.54, 1.807) is 0 Å². The Balaban J connectivity index is 2.51. The van der Waals surface area contributed by atoms with Gasteiger partial charge in [-0.3, -0.25) is 4.79 Å². The topological polar surface area (TPSA) is 49.6 Å². The third kappa shape index (κ3) is 4.28. The van der Waals surface area contributed by atoms with Crippen LogP contribution >= 0.6 is 0 Å². The van der Waals surface area contributed by atoms with E-state index in [0.717, 1.165) is 25.9 Å².